The van der Waals surface area contributed by atoms with E-state index in [0.717, 1.165) is 24.8 Å². The fourth-order valence-corrected chi connectivity index (χ4v) is 2.89. The molecular weight excluding hydrogens is 266 g/mol. The van der Waals surface area contributed by atoms with E-state index < -0.39 is 0 Å². The van der Waals surface area contributed by atoms with E-state index in [-0.39, 0.29) is 17.9 Å². The Balaban J connectivity index is 1.74. The van der Waals surface area contributed by atoms with Crippen LogP contribution in [-0.2, 0) is 11.2 Å². The van der Waals surface area contributed by atoms with E-state index in [0.29, 0.717) is 11.7 Å². The van der Waals surface area contributed by atoms with Crippen LogP contribution in [0.1, 0.15) is 54.6 Å². The van der Waals surface area contributed by atoms with Crippen LogP contribution in [0.3, 0.4) is 0 Å². The molecule has 21 heavy (non-hydrogen) atoms. The molecule has 1 aromatic heterocycles. The van der Waals surface area contributed by atoms with E-state index >= 15 is 0 Å². The minimum atomic E-state index is -0.271. The minimum absolute atomic E-state index is 0.0329. The van der Waals surface area contributed by atoms with Crippen LogP contribution in [-0.4, -0.2) is 16.0 Å². The third-order valence-electron chi connectivity index (χ3n) is 3.96. The maximum absolute atomic E-state index is 12.6. The summed E-state index contributed by atoms with van der Waals surface area (Å²) < 4.78 is 5.11. The number of aryl methyl sites for hydroxylation is 2. The molecule has 5 nitrogen and oxygen atoms in total. The lowest BCUT2D eigenvalue weighted by molar-refractivity contribution is -0.123. The second kappa shape index (κ2) is 5.68. The number of nitrogens with one attached hydrogen (secondary N) is 1. The summed E-state index contributed by atoms with van der Waals surface area (Å²) >= 11 is 0. The van der Waals surface area contributed by atoms with Gasteiger partial charge in [-0.1, -0.05) is 29.4 Å². The van der Waals surface area contributed by atoms with Crippen molar-refractivity contribution in [1.82, 2.24) is 15.5 Å². The number of rotatable bonds is 3. The van der Waals surface area contributed by atoms with Crippen LogP contribution in [0.5, 0.6) is 0 Å². The van der Waals surface area contributed by atoms with Crippen molar-refractivity contribution >= 4 is 5.91 Å². The van der Waals surface area contributed by atoms with E-state index in [4.69, 9.17) is 4.52 Å². The van der Waals surface area contributed by atoms with Crippen LogP contribution in [0.2, 0.25) is 0 Å². The van der Waals surface area contributed by atoms with E-state index in [1.165, 1.54) is 5.56 Å². The monoisotopic (exact) mass is 285 g/mol. The fourth-order valence-electron chi connectivity index (χ4n) is 2.89. The predicted molar refractivity (Wildman–Crippen MR) is 77.7 cm³/mol. The molecule has 0 unspecified atom stereocenters. The number of carbonyl (C=O) groups excluding carboxylic acids is 1. The average molecular weight is 285 g/mol. The van der Waals surface area contributed by atoms with Gasteiger partial charge in [-0.3, -0.25) is 4.79 Å². The van der Waals surface area contributed by atoms with Crippen molar-refractivity contribution in [3.8, 4) is 0 Å². The molecule has 0 radical (unpaired) electrons. The highest BCUT2D eigenvalue weighted by Gasteiger charge is 2.28. The van der Waals surface area contributed by atoms with E-state index in [9.17, 15) is 4.79 Å². The quantitative estimate of drug-likeness (QED) is 0.941. The van der Waals surface area contributed by atoms with Crippen LogP contribution in [0.25, 0.3) is 0 Å². The molecule has 1 heterocycles. The number of nitrogens with zero attached hydrogens (tertiary/aromatic N) is 2. The first-order chi connectivity index (χ1) is 10.1. The predicted octanol–water partition coefficient (Wildman–Crippen LogP) is 2.68. The Bertz CT molecular complexity index is 650. The summed E-state index contributed by atoms with van der Waals surface area (Å²) in [5.41, 5.74) is 2.43. The van der Waals surface area contributed by atoms with Crippen molar-refractivity contribution in [3.05, 3.63) is 47.1 Å². The molecule has 0 bridgehead atoms. The number of aromatic nitrogens is 2. The maximum Gasteiger partial charge on any atom is 0.248 e. The maximum atomic E-state index is 12.6. The Morgan fingerprint density at radius 1 is 1.43 bits per heavy atom. The smallest absolute Gasteiger partial charge is 0.248 e. The van der Waals surface area contributed by atoms with Gasteiger partial charge < -0.3 is 9.84 Å². The summed E-state index contributed by atoms with van der Waals surface area (Å²) in [6, 6.07) is 7.92. The van der Waals surface area contributed by atoms with Crippen molar-refractivity contribution in [2.75, 3.05) is 0 Å². The summed E-state index contributed by atoms with van der Waals surface area (Å²) in [5.74, 6) is 0.978. The highest BCUT2D eigenvalue weighted by molar-refractivity contribution is 5.84. The standard InChI is InChI=1S/C16H19N3O2/c1-10(16-18-11(2)19-21-16)17-15(20)14-9-5-7-12-6-3-4-8-13(12)14/h3-4,6,8,10,14H,5,7,9H2,1-2H3,(H,17,20)/t10-,14+/m1/s1. The van der Waals surface area contributed by atoms with Gasteiger partial charge in [0.2, 0.25) is 11.8 Å². The molecule has 2 atom stereocenters. The van der Waals surface area contributed by atoms with E-state index in [1.807, 2.05) is 19.1 Å². The molecule has 110 valence electrons. The van der Waals surface area contributed by atoms with Crippen LogP contribution in [0, 0.1) is 6.92 Å². The van der Waals surface area contributed by atoms with Gasteiger partial charge in [-0.25, -0.2) is 0 Å². The molecule has 1 aliphatic rings. The Morgan fingerprint density at radius 3 is 3.00 bits per heavy atom. The van der Waals surface area contributed by atoms with Crippen LogP contribution >= 0.6 is 0 Å². The van der Waals surface area contributed by atoms with Gasteiger partial charge in [0, 0.05) is 0 Å². The zero-order chi connectivity index (χ0) is 14.8. The lowest BCUT2D eigenvalue weighted by Gasteiger charge is -2.25. The Kier molecular flexibility index (Phi) is 3.73. The third-order valence-corrected chi connectivity index (χ3v) is 3.96. The van der Waals surface area contributed by atoms with Crippen molar-refractivity contribution in [3.63, 3.8) is 0 Å². The second-order valence-corrected chi connectivity index (χ2v) is 5.55. The van der Waals surface area contributed by atoms with Gasteiger partial charge in [0.05, 0.1) is 5.92 Å². The molecular formula is C16H19N3O2. The number of amides is 1. The number of hydrogen-bond acceptors (Lipinski definition) is 4. The molecule has 3 rings (SSSR count). The molecule has 0 aliphatic heterocycles. The normalized spacial score (nSPS) is 18.9. The molecule has 0 spiro atoms. The molecule has 1 N–H and O–H groups in total. The molecule has 1 amide bonds. The molecule has 1 aromatic carbocycles. The summed E-state index contributed by atoms with van der Waals surface area (Å²) in [4.78, 5) is 16.7. The summed E-state index contributed by atoms with van der Waals surface area (Å²) in [6.45, 7) is 3.62. The summed E-state index contributed by atoms with van der Waals surface area (Å²) in [5, 5.41) is 6.74. The molecule has 2 aromatic rings. The topological polar surface area (TPSA) is 68.0 Å². The lowest BCUT2D eigenvalue weighted by atomic mass is 9.82. The molecule has 0 saturated carbocycles. The van der Waals surface area contributed by atoms with Gasteiger partial charge in [-0.05, 0) is 44.2 Å². The zero-order valence-corrected chi connectivity index (χ0v) is 12.3. The van der Waals surface area contributed by atoms with E-state index in [1.54, 1.807) is 6.92 Å². The van der Waals surface area contributed by atoms with Gasteiger partial charge in [-0.15, -0.1) is 0 Å². The molecule has 0 saturated heterocycles. The number of fused-ring (bicyclic) bond motifs is 1. The van der Waals surface area contributed by atoms with Gasteiger partial charge in [0.25, 0.3) is 0 Å². The summed E-state index contributed by atoms with van der Waals surface area (Å²) in [6.07, 6.45) is 2.99. The Hall–Kier alpha value is -2.17. The van der Waals surface area contributed by atoms with E-state index in [2.05, 4.69) is 27.6 Å². The first kappa shape index (κ1) is 13.8. The van der Waals surface area contributed by atoms with Gasteiger partial charge in [0.1, 0.15) is 6.04 Å². The summed E-state index contributed by atoms with van der Waals surface area (Å²) in [7, 11) is 0. The Morgan fingerprint density at radius 2 is 2.24 bits per heavy atom. The van der Waals surface area contributed by atoms with Crippen LogP contribution in [0.4, 0.5) is 0 Å². The number of carbonyl (C=O) groups is 1. The van der Waals surface area contributed by atoms with Gasteiger partial charge >= 0.3 is 0 Å². The number of hydrogen-bond donors (Lipinski definition) is 1. The molecule has 5 heteroatoms. The minimum Gasteiger partial charge on any atom is -0.344 e. The van der Waals surface area contributed by atoms with Crippen molar-refractivity contribution in [2.45, 2.75) is 45.1 Å². The van der Waals surface area contributed by atoms with Crippen LogP contribution < -0.4 is 5.32 Å². The average Bonchev–Trinajstić information content (AvgIpc) is 2.93. The first-order valence-corrected chi connectivity index (χ1v) is 7.33. The zero-order valence-electron chi connectivity index (χ0n) is 12.3. The first-order valence-electron chi connectivity index (χ1n) is 7.33. The van der Waals surface area contributed by atoms with Crippen molar-refractivity contribution in [1.29, 1.82) is 0 Å². The Labute approximate surface area is 123 Å². The third kappa shape index (κ3) is 2.82. The SMILES string of the molecule is Cc1noc([C@@H](C)NC(=O)[C@H]2CCCc3ccccc32)n1. The highest BCUT2D eigenvalue weighted by atomic mass is 16.5. The highest BCUT2D eigenvalue weighted by Crippen LogP contribution is 2.32. The molecule has 1 aliphatic carbocycles. The lowest BCUT2D eigenvalue weighted by Crippen LogP contribution is -2.33. The largest absolute Gasteiger partial charge is 0.344 e. The molecule has 0 fully saturated rings. The fraction of sp³-hybridized carbons (Fsp3) is 0.438. The second-order valence-electron chi connectivity index (χ2n) is 5.55. The van der Waals surface area contributed by atoms with Crippen molar-refractivity contribution < 1.29 is 9.32 Å². The van der Waals surface area contributed by atoms with Crippen LogP contribution in [0.15, 0.2) is 28.8 Å². The van der Waals surface area contributed by atoms with Gasteiger partial charge in [0.15, 0.2) is 5.82 Å². The van der Waals surface area contributed by atoms with Crippen molar-refractivity contribution in [2.24, 2.45) is 0 Å². The number of benzene rings is 1. The van der Waals surface area contributed by atoms with Gasteiger partial charge in [-0.2, -0.15) is 4.98 Å².